The molecule has 35 heavy (non-hydrogen) atoms. The van der Waals surface area contributed by atoms with E-state index in [-0.39, 0.29) is 11.9 Å². The number of hydrogen-bond acceptors (Lipinski definition) is 8. The van der Waals surface area contributed by atoms with Crippen LogP contribution >= 0.6 is 0 Å². The number of carbonyl (C=O) groups is 1. The third kappa shape index (κ3) is 4.05. The van der Waals surface area contributed by atoms with E-state index in [9.17, 15) is 4.79 Å². The molecule has 0 bridgehead atoms. The Hall–Kier alpha value is -3.72. The summed E-state index contributed by atoms with van der Waals surface area (Å²) in [5.74, 6) is 1.97. The lowest BCUT2D eigenvalue weighted by atomic mass is 10.1. The largest absolute Gasteiger partial charge is 0.474 e. The quantitative estimate of drug-likeness (QED) is 0.563. The molecule has 3 aromatic heterocycles. The highest BCUT2D eigenvalue weighted by molar-refractivity contribution is 6.10. The van der Waals surface area contributed by atoms with Gasteiger partial charge < -0.3 is 20.3 Å². The number of amides is 1. The summed E-state index contributed by atoms with van der Waals surface area (Å²) in [5.41, 5.74) is 6.12. The Labute approximate surface area is 205 Å². The van der Waals surface area contributed by atoms with Crippen LogP contribution in [0.1, 0.15) is 41.0 Å². The summed E-state index contributed by atoms with van der Waals surface area (Å²) in [4.78, 5) is 31.6. The van der Waals surface area contributed by atoms with Crippen molar-refractivity contribution in [2.24, 2.45) is 0 Å². The number of fused-ring (bicyclic) bond motifs is 2. The van der Waals surface area contributed by atoms with Crippen molar-refractivity contribution in [3.8, 4) is 17.1 Å². The highest BCUT2D eigenvalue weighted by Gasteiger charge is 2.33. The lowest BCUT2D eigenvalue weighted by Crippen LogP contribution is -2.27. The van der Waals surface area contributed by atoms with Crippen molar-refractivity contribution >= 4 is 23.2 Å². The van der Waals surface area contributed by atoms with Gasteiger partial charge in [-0.2, -0.15) is 0 Å². The molecule has 5 heterocycles. The van der Waals surface area contributed by atoms with Gasteiger partial charge in [0.2, 0.25) is 5.88 Å². The van der Waals surface area contributed by atoms with Crippen LogP contribution in [0.4, 0.5) is 17.3 Å². The molecule has 0 saturated carbocycles. The molecule has 2 aliphatic rings. The number of pyridine rings is 3. The Bertz CT molecular complexity index is 1290. The van der Waals surface area contributed by atoms with Crippen molar-refractivity contribution in [2.45, 2.75) is 39.9 Å². The molecule has 0 radical (unpaired) electrons. The second-order valence-electron chi connectivity index (χ2n) is 9.21. The normalized spacial score (nSPS) is 14.5. The van der Waals surface area contributed by atoms with E-state index < -0.39 is 0 Å². The third-order valence-electron chi connectivity index (χ3n) is 6.70. The third-order valence-corrected chi connectivity index (χ3v) is 6.70. The average Bonchev–Trinajstić information content (AvgIpc) is 3.21. The lowest BCUT2D eigenvalue weighted by molar-refractivity contribution is 0.0996. The Morgan fingerprint density at radius 3 is 2.86 bits per heavy atom. The first-order valence-electron chi connectivity index (χ1n) is 11.9. The maximum absolute atomic E-state index is 13.6. The summed E-state index contributed by atoms with van der Waals surface area (Å²) in [6, 6.07) is 7.93. The first kappa shape index (κ1) is 23.0. The van der Waals surface area contributed by atoms with Crippen molar-refractivity contribution in [3.63, 3.8) is 0 Å². The van der Waals surface area contributed by atoms with E-state index in [1.54, 1.807) is 11.1 Å². The van der Waals surface area contributed by atoms with Crippen LogP contribution in [-0.4, -0.2) is 54.1 Å². The number of carbonyl (C=O) groups excluding carboxylic acids is 1. The van der Waals surface area contributed by atoms with Crippen molar-refractivity contribution in [3.05, 3.63) is 52.8 Å². The zero-order chi connectivity index (χ0) is 24.7. The zero-order valence-electron chi connectivity index (χ0n) is 20.8. The first-order chi connectivity index (χ1) is 16.9. The highest BCUT2D eigenvalue weighted by atomic mass is 16.5. The van der Waals surface area contributed by atoms with E-state index in [4.69, 9.17) is 14.7 Å². The second kappa shape index (κ2) is 9.14. The van der Waals surface area contributed by atoms with Gasteiger partial charge in [-0.25, -0.2) is 15.0 Å². The van der Waals surface area contributed by atoms with Crippen molar-refractivity contribution in [2.75, 3.05) is 42.4 Å². The van der Waals surface area contributed by atoms with Crippen LogP contribution in [0.2, 0.25) is 0 Å². The van der Waals surface area contributed by atoms with E-state index in [2.05, 4.69) is 34.4 Å². The maximum Gasteiger partial charge on any atom is 0.260 e. The number of ether oxygens (including phenoxy) is 1. The molecule has 0 aromatic carbocycles. The Morgan fingerprint density at radius 2 is 2.09 bits per heavy atom. The Balaban J connectivity index is 1.51. The molecule has 0 atom stereocenters. The Kier molecular flexibility index (Phi) is 6.02. The summed E-state index contributed by atoms with van der Waals surface area (Å²) in [6.45, 7) is 8.62. The fourth-order valence-electron chi connectivity index (χ4n) is 4.50. The van der Waals surface area contributed by atoms with Crippen LogP contribution in [0.15, 0.2) is 30.5 Å². The molecule has 0 unspecified atom stereocenters. The van der Waals surface area contributed by atoms with Gasteiger partial charge in [0.25, 0.3) is 5.91 Å². The van der Waals surface area contributed by atoms with Gasteiger partial charge >= 0.3 is 0 Å². The molecule has 182 valence electrons. The molecule has 0 spiro atoms. The van der Waals surface area contributed by atoms with Crippen molar-refractivity contribution in [1.29, 1.82) is 0 Å². The number of hydrogen-bond donors (Lipinski definition) is 2. The van der Waals surface area contributed by atoms with E-state index in [1.165, 1.54) is 0 Å². The van der Waals surface area contributed by atoms with Crippen molar-refractivity contribution in [1.82, 2.24) is 20.3 Å². The minimum absolute atomic E-state index is 0.0573. The smallest absolute Gasteiger partial charge is 0.260 e. The van der Waals surface area contributed by atoms with Gasteiger partial charge in [-0.1, -0.05) is 6.07 Å². The number of nitrogens with one attached hydrogen (secondary N) is 2. The molecule has 2 N–H and O–H groups in total. The van der Waals surface area contributed by atoms with Gasteiger partial charge in [0.15, 0.2) is 0 Å². The van der Waals surface area contributed by atoms with Gasteiger partial charge in [0.05, 0.1) is 23.5 Å². The van der Waals surface area contributed by atoms with Gasteiger partial charge in [-0.05, 0) is 51.6 Å². The van der Waals surface area contributed by atoms with Crippen LogP contribution in [0.3, 0.4) is 0 Å². The number of nitrogens with zero attached hydrogens (tertiary/aromatic N) is 5. The average molecular weight is 474 g/mol. The standard InChI is InChI=1S/C26H31N7O2/c1-15(2)32(5)23-11-17-19(21(31-23)13-27-4)14-33(26(17)34)22-8-6-7-20(30-22)18-12-29-25-24(16(18)3)28-9-10-35-25/h6-8,11-12,15,27-28H,9-10,13-14H2,1-5H3. The number of anilines is 3. The maximum atomic E-state index is 13.6. The number of rotatable bonds is 6. The monoisotopic (exact) mass is 473 g/mol. The van der Waals surface area contributed by atoms with E-state index >= 15 is 0 Å². The molecular formula is C26H31N7O2. The molecule has 3 aromatic rings. The summed E-state index contributed by atoms with van der Waals surface area (Å²) >= 11 is 0. The molecule has 0 fully saturated rings. The topological polar surface area (TPSA) is 95.5 Å². The molecule has 2 aliphatic heterocycles. The molecule has 9 heteroatoms. The minimum atomic E-state index is -0.0573. The molecule has 9 nitrogen and oxygen atoms in total. The molecule has 1 amide bonds. The van der Waals surface area contributed by atoms with Gasteiger partial charge in [-0.15, -0.1) is 0 Å². The first-order valence-corrected chi connectivity index (χ1v) is 11.9. The van der Waals surface area contributed by atoms with Crippen LogP contribution in [0.25, 0.3) is 11.3 Å². The minimum Gasteiger partial charge on any atom is -0.474 e. The predicted molar refractivity (Wildman–Crippen MR) is 137 cm³/mol. The Morgan fingerprint density at radius 1 is 1.26 bits per heavy atom. The number of aromatic nitrogens is 3. The summed E-state index contributed by atoms with van der Waals surface area (Å²) in [7, 11) is 3.89. The van der Waals surface area contributed by atoms with Crippen LogP contribution in [-0.2, 0) is 13.1 Å². The van der Waals surface area contributed by atoms with Gasteiger partial charge in [0.1, 0.15) is 23.9 Å². The molecular weight excluding hydrogens is 442 g/mol. The zero-order valence-corrected chi connectivity index (χ0v) is 20.8. The fourth-order valence-corrected chi connectivity index (χ4v) is 4.50. The summed E-state index contributed by atoms with van der Waals surface area (Å²) in [6.07, 6.45) is 1.79. The molecule has 0 aliphatic carbocycles. The van der Waals surface area contributed by atoms with E-state index in [0.717, 1.165) is 46.1 Å². The highest BCUT2D eigenvalue weighted by Crippen LogP contribution is 2.36. The van der Waals surface area contributed by atoms with E-state index in [0.29, 0.717) is 37.0 Å². The SMILES string of the molecule is CNCc1nc(N(C)C(C)C)cc2c1CN(c1cccc(-c3cnc4c(c3C)NCCO4)n1)C2=O. The van der Waals surface area contributed by atoms with Crippen molar-refractivity contribution < 1.29 is 9.53 Å². The molecule has 0 saturated heterocycles. The van der Waals surface area contributed by atoms with Crippen LogP contribution < -0.4 is 25.2 Å². The fraction of sp³-hybridized carbons (Fsp3) is 0.385. The van der Waals surface area contributed by atoms with Gasteiger partial charge in [0, 0.05) is 43.5 Å². The second-order valence-corrected chi connectivity index (χ2v) is 9.21. The predicted octanol–water partition coefficient (Wildman–Crippen LogP) is 3.38. The summed E-state index contributed by atoms with van der Waals surface area (Å²) < 4.78 is 5.66. The van der Waals surface area contributed by atoms with Crippen LogP contribution in [0, 0.1) is 6.92 Å². The van der Waals surface area contributed by atoms with Gasteiger partial charge in [-0.3, -0.25) is 9.69 Å². The van der Waals surface area contributed by atoms with E-state index in [1.807, 2.05) is 45.3 Å². The molecule has 5 rings (SSSR count). The van der Waals surface area contributed by atoms with Crippen LogP contribution in [0.5, 0.6) is 5.88 Å². The summed E-state index contributed by atoms with van der Waals surface area (Å²) in [5, 5.41) is 6.56. The lowest BCUT2D eigenvalue weighted by Gasteiger charge is -2.24.